The monoisotopic (exact) mass is 236 g/mol. The summed E-state index contributed by atoms with van der Waals surface area (Å²) < 4.78 is 15.0. The molecule has 0 spiro atoms. The van der Waals surface area contributed by atoms with Crippen LogP contribution in [0.1, 0.15) is 0 Å². The third kappa shape index (κ3) is 2.51. The van der Waals surface area contributed by atoms with Gasteiger partial charge in [-0.15, -0.1) is 0 Å². The molecule has 2 fully saturated rings. The van der Waals surface area contributed by atoms with Gasteiger partial charge in [0.05, 0.1) is 19.8 Å². The maximum absolute atomic E-state index is 9.68. The highest BCUT2D eigenvalue weighted by Gasteiger charge is 2.44. The van der Waals surface area contributed by atoms with Crippen molar-refractivity contribution < 1.29 is 34.6 Å². The highest BCUT2D eigenvalue weighted by Crippen LogP contribution is 2.23. The van der Waals surface area contributed by atoms with E-state index in [9.17, 15) is 15.3 Å². The van der Waals surface area contributed by atoms with E-state index in [1.807, 2.05) is 0 Å². The molecular weight excluding hydrogens is 220 g/mol. The summed E-state index contributed by atoms with van der Waals surface area (Å²) in [5.74, 6) is 0. The molecule has 0 aliphatic carbocycles. The van der Waals surface area contributed by atoms with Crippen LogP contribution in [0.15, 0.2) is 0 Å². The van der Waals surface area contributed by atoms with Crippen molar-refractivity contribution in [2.45, 2.75) is 36.8 Å². The first-order valence-corrected chi connectivity index (χ1v) is 5.17. The highest BCUT2D eigenvalue weighted by atomic mass is 16.7. The van der Waals surface area contributed by atoms with Crippen molar-refractivity contribution in [3.05, 3.63) is 0 Å². The zero-order chi connectivity index (χ0) is 11.7. The van der Waals surface area contributed by atoms with Crippen molar-refractivity contribution in [3.8, 4) is 0 Å². The Morgan fingerprint density at radius 2 is 1.88 bits per heavy atom. The molecule has 94 valence electrons. The van der Waals surface area contributed by atoms with E-state index < -0.39 is 37.3 Å². The summed E-state index contributed by atoms with van der Waals surface area (Å²) in [6.07, 6.45) is -5.97. The Morgan fingerprint density at radius 1 is 1.19 bits per heavy atom. The predicted molar refractivity (Wildman–Crippen MR) is 49.5 cm³/mol. The van der Waals surface area contributed by atoms with Gasteiger partial charge in [-0.2, -0.15) is 0 Å². The quantitative estimate of drug-likeness (QED) is 0.390. The van der Waals surface area contributed by atoms with Crippen molar-refractivity contribution in [2.24, 2.45) is 0 Å². The van der Waals surface area contributed by atoms with E-state index in [1.54, 1.807) is 0 Å². The minimum absolute atomic E-state index is 0.00731. The molecule has 16 heavy (non-hydrogen) atoms. The summed E-state index contributed by atoms with van der Waals surface area (Å²) >= 11 is 0. The lowest BCUT2D eigenvalue weighted by molar-refractivity contribution is -0.296. The van der Waals surface area contributed by atoms with E-state index in [4.69, 9.17) is 19.3 Å². The highest BCUT2D eigenvalue weighted by molar-refractivity contribution is 4.89. The molecule has 0 aromatic rings. The molecule has 7 heteroatoms. The Bertz CT molecular complexity index is 232. The summed E-state index contributed by atoms with van der Waals surface area (Å²) in [4.78, 5) is 0. The zero-order valence-corrected chi connectivity index (χ0v) is 8.60. The summed E-state index contributed by atoms with van der Waals surface area (Å²) in [7, 11) is 0. The summed E-state index contributed by atoms with van der Waals surface area (Å²) in [6.45, 7) is 0.355. The summed E-state index contributed by atoms with van der Waals surface area (Å²) in [5, 5.41) is 37.6. The average Bonchev–Trinajstić information content (AvgIpc) is 3.07. The van der Waals surface area contributed by atoms with Crippen LogP contribution in [0.2, 0.25) is 0 Å². The molecule has 0 saturated carbocycles. The largest absolute Gasteiger partial charge is 0.394 e. The number of rotatable bonds is 4. The van der Waals surface area contributed by atoms with Gasteiger partial charge in [0.15, 0.2) is 6.29 Å². The maximum atomic E-state index is 9.68. The van der Waals surface area contributed by atoms with Crippen LogP contribution in [-0.2, 0) is 14.2 Å². The van der Waals surface area contributed by atoms with E-state index in [-0.39, 0.29) is 12.7 Å². The molecule has 2 heterocycles. The molecule has 2 rings (SSSR count). The second kappa shape index (κ2) is 4.92. The molecule has 2 aliphatic rings. The molecule has 2 saturated heterocycles. The van der Waals surface area contributed by atoms with E-state index in [1.165, 1.54) is 0 Å². The molecule has 4 N–H and O–H groups in total. The van der Waals surface area contributed by atoms with Crippen LogP contribution in [0.25, 0.3) is 0 Å². The third-order valence-corrected chi connectivity index (χ3v) is 2.72. The van der Waals surface area contributed by atoms with E-state index in [2.05, 4.69) is 0 Å². The lowest BCUT2D eigenvalue weighted by Gasteiger charge is -2.39. The van der Waals surface area contributed by atoms with Gasteiger partial charge in [-0.1, -0.05) is 0 Å². The van der Waals surface area contributed by atoms with E-state index >= 15 is 0 Å². The first-order valence-electron chi connectivity index (χ1n) is 5.17. The second-order valence-corrected chi connectivity index (χ2v) is 3.98. The Labute approximate surface area is 92.2 Å². The Balaban J connectivity index is 1.90. The van der Waals surface area contributed by atoms with Gasteiger partial charge in [0.1, 0.15) is 30.5 Å². The molecular formula is C9H16O7. The molecule has 7 nitrogen and oxygen atoms in total. The van der Waals surface area contributed by atoms with Gasteiger partial charge >= 0.3 is 0 Å². The van der Waals surface area contributed by atoms with Gasteiger partial charge in [-0.25, -0.2) is 0 Å². The SMILES string of the molecule is OC[C@H]1OC(O)[C@H](OCC2CO2)[C@@H](O)[C@@H]1O. The van der Waals surface area contributed by atoms with Crippen LogP contribution in [-0.4, -0.2) is 77.1 Å². The Hall–Kier alpha value is -0.280. The number of ether oxygens (including phenoxy) is 3. The standard InChI is InChI=1S/C9H16O7/c10-1-5-6(11)7(12)8(9(13)16-5)15-3-4-2-14-4/h4-13H,1-3H2/t4?,5-,6-,7+,8-,9?/m1/s1. The first kappa shape index (κ1) is 12.2. The van der Waals surface area contributed by atoms with Crippen molar-refractivity contribution >= 4 is 0 Å². The van der Waals surface area contributed by atoms with Crippen LogP contribution in [0.5, 0.6) is 0 Å². The lowest BCUT2D eigenvalue weighted by Crippen LogP contribution is -2.59. The van der Waals surface area contributed by atoms with Crippen LogP contribution >= 0.6 is 0 Å². The number of hydrogen-bond donors (Lipinski definition) is 4. The van der Waals surface area contributed by atoms with Crippen molar-refractivity contribution in [1.82, 2.24) is 0 Å². The normalized spacial score (nSPS) is 48.0. The molecule has 2 aliphatic heterocycles. The maximum Gasteiger partial charge on any atom is 0.184 e. The van der Waals surface area contributed by atoms with Crippen LogP contribution in [0.4, 0.5) is 0 Å². The van der Waals surface area contributed by atoms with E-state index in [0.29, 0.717) is 6.61 Å². The fourth-order valence-electron chi connectivity index (χ4n) is 1.63. The van der Waals surface area contributed by atoms with Crippen molar-refractivity contribution in [3.63, 3.8) is 0 Å². The molecule has 0 radical (unpaired) electrons. The van der Waals surface area contributed by atoms with Crippen molar-refractivity contribution in [2.75, 3.05) is 19.8 Å². The number of epoxide rings is 1. The minimum Gasteiger partial charge on any atom is -0.394 e. The molecule has 0 aromatic carbocycles. The number of hydrogen-bond acceptors (Lipinski definition) is 7. The predicted octanol–water partition coefficient (Wildman–Crippen LogP) is -2.80. The van der Waals surface area contributed by atoms with Gasteiger partial charge in [0, 0.05) is 0 Å². The first-order chi connectivity index (χ1) is 7.63. The Morgan fingerprint density at radius 3 is 2.44 bits per heavy atom. The zero-order valence-electron chi connectivity index (χ0n) is 8.60. The smallest absolute Gasteiger partial charge is 0.184 e. The number of aliphatic hydroxyl groups excluding tert-OH is 4. The number of aliphatic hydroxyl groups is 4. The van der Waals surface area contributed by atoms with Crippen LogP contribution in [0.3, 0.4) is 0 Å². The molecule has 0 amide bonds. The van der Waals surface area contributed by atoms with Gasteiger partial charge < -0.3 is 34.6 Å². The van der Waals surface area contributed by atoms with Gasteiger partial charge in [-0.3, -0.25) is 0 Å². The fraction of sp³-hybridized carbons (Fsp3) is 1.00. The van der Waals surface area contributed by atoms with Gasteiger partial charge in [0.25, 0.3) is 0 Å². The molecule has 0 bridgehead atoms. The Kier molecular flexibility index (Phi) is 3.75. The lowest BCUT2D eigenvalue weighted by atomic mass is 9.99. The van der Waals surface area contributed by atoms with Gasteiger partial charge in [0.2, 0.25) is 0 Å². The van der Waals surface area contributed by atoms with E-state index in [0.717, 1.165) is 0 Å². The fourth-order valence-corrected chi connectivity index (χ4v) is 1.63. The van der Waals surface area contributed by atoms with Gasteiger partial charge in [-0.05, 0) is 0 Å². The summed E-state index contributed by atoms with van der Waals surface area (Å²) in [6, 6.07) is 0. The van der Waals surface area contributed by atoms with Crippen LogP contribution in [0, 0.1) is 0 Å². The third-order valence-electron chi connectivity index (χ3n) is 2.72. The molecule has 0 aromatic heterocycles. The average molecular weight is 236 g/mol. The van der Waals surface area contributed by atoms with Crippen molar-refractivity contribution in [1.29, 1.82) is 0 Å². The summed E-state index contributed by atoms with van der Waals surface area (Å²) in [5.41, 5.74) is 0. The minimum atomic E-state index is -1.37. The second-order valence-electron chi connectivity index (χ2n) is 3.98. The molecule has 2 unspecified atom stereocenters. The topological polar surface area (TPSA) is 112 Å². The van der Waals surface area contributed by atoms with Crippen LogP contribution < -0.4 is 0 Å². The molecule has 6 atom stereocenters.